The van der Waals surface area contributed by atoms with E-state index in [1.165, 1.54) is 41.5 Å². The van der Waals surface area contributed by atoms with Gasteiger partial charge in [0.05, 0.1) is 6.54 Å². The van der Waals surface area contributed by atoms with Gasteiger partial charge in [-0.3, -0.25) is 9.36 Å². The zero-order valence-electron chi connectivity index (χ0n) is 20.9. The molecule has 0 aliphatic heterocycles. The first-order valence-corrected chi connectivity index (χ1v) is 12.8. The monoisotopic (exact) mass is 576 g/mol. The summed E-state index contributed by atoms with van der Waals surface area (Å²) in [4.78, 5) is 34.0. The first-order chi connectivity index (χ1) is 19.1. The first-order valence-electron chi connectivity index (χ1n) is 12.4. The average Bonchev–Trinajstić information content (AvgIpc) is 3.47. The van der Waals surface area contributed by atoms with Crippen molar-refractivity contribution < 1.29 is 23.1 Å². The lowest BCUT2D eigenvalue weighted by molar-refractivity contribution is -0.207. The van der Waals surface area contributed by atoms with Crippen LogP contribution in [-0.4, -0.2) is 57.4 Å². The number of benzene rings is 1. The van der Waals surface area contributed by atoms with Crippen LogP contribution in [0.2, 0.25) is 5.02 Å². The largest absolute Gasteiger partial charge is 0.416 e. The smallest absolute Gasteiger partial charge is 0.382 e. The number of aliphatic hydroxyl groups excluding tert-OH is 1. The fourth-order valence-electron chi connectivity index (χ4n) is 4.24. The second-order valence-corrected chi connectivity index (χ2v) is 9.90. The van der Waals surface area contributed by atoms with Crippen molar-refractivity contribution >= 4 is 23.3 Å². The van der Waals surface area contributed by atoms with E-state index in [1.54, 1.807) is 12.1 Å². The van der Waals surface area contributed by atoms with Gasteiger partial charge in [0, 0.05) is 23.2 Å². The van der Waals surface area contributed by atoms with Crippen molar-refractivity contribution in [3.63, 3.8) is 0 Å². The number of anilines is 1. The van der Waals surface area contributed by atoms with Crippen molar-refractivity contribution in [1.82, 2.24) is 34.1 Å². The molecule has 3 heterocycles. The molecule has 3 aromatic heterocycles. The lowest BCUT2D eigenvalue weighted by atomic mass is 9.83. The number of aromatic nitrogens is 7. The maximum absolute atomic E-state index is 13.1. The molecule has 0 radical (unpaired) electrons. The highest BCUT2D eigenvalue weighted by Gasteiger charge is 2.39. The maximum atomic E-state index is 13.1. The number of nitrogens with zero attached hydrogens (tertiary/aromatic N) is 7. The van der Waals surface area contributed by atoms with E-state index in [0.717, 1.165) is 28.5 Å². The Balaban J connectivity index is 1.41. The third-order valence-corrected chi connectivity index (χ3v) is 6.83. The number of nitrogens with one attached hydrogen (secondary N) is 1. The topological polar surface area (TPSA) is 133 Å². The summed E-state index contributed by atoms with van der Waals surface area (Å²) in [6.45, 7) is -1.33. The van der Waals surface area contributed by atoms with Crippen LogP contribution in [0.5, 0.6) is 0 Å². The Hall–Kier alpha value is -4.04. The third-order valence-electron chi connectivity index (χ3n) is 6.58. The summed E-state index contributed by atoms with van der Waals surface area (Å²) in [5.74, 6) is 0.543. The summed E-state index contributed by atoms with van der Waals surface area (Å²) in [5, 5.41) is 21.4. The maximum Gasteiger partial charge on any atom is 0.416 e. The fraction of sp³-hybridized carbons (Fsp3) is 0.360. The SMILES string of the molecule is O=C(CC1CCC1)Nc1ncccc1-n1cnc(Cn2nc(-c3ccc(Cl)cc3)n(C[C@H](O)C(F)(F)F)c2=O)n1. The van der Waals surface area contributed by atoms with Crippen LogP contribution in [0.25, 0.3) is 17.1 Å². The van der Waals surface area contributed by atoms with E-state index in [0.29, 0.717) is 28.6 Å². The predicted octanol–water partition coefficient (Wildman–Crippen LogP) is 3.44. The Morgan fingerprint density at radius 1 is 1.15 bits per heavy atom. The van der Waals surface area contributed by atoms with Crippen molar-refractivity contribution in [2.24, 2.45) is 5.92 Å². The molecule has 0 saturated heterocycles. The molecular weight excluding hydrogens is 553 g/mol. The normalized spacial score (nSPS) is 14.6. The number of carbonyl (C=O) groups is 1. The van der Waals surface area contributed by atoms with E-state index in [1.807, 2.05) is 0 Å². The van der Waals surface area contributed by atoms with Crippen molar-refractivity contribution in [2.75, 3.05) is 5.32 Å². The lowest BCUT2D eigenvalue weighted by Gasteiger charge is -2.24. The zero-order valence-corrected chi connectivity index (χ0v) is 21.7. The molecule has 5 rings (SSSR count). The Morgan fingerprint density at radius 2 is 1.90 bits per heavy atom. The summed E-state index contributed by atoms with van der Waals surface area (Å²) < 4.78 is 42.3. The molecule has 15 heteroatoms. The number of hydrogen-bond donors (Lipinski definition) is 2. The molecule has 1 aliphatic rings. The number of amides is 1. The van der Waals surface area contributed by atoms with Crippen LogP contribution in [0.15, 0.2) is 53.7 Å². The molecule has 2 N–H and O–H groups in total. The second-order valence-electron chi connectivity index (χ2n) is 9.46. The quantitative estimate of drug-likeness (QED) is 0.312. The molecule has 0 spiro atoms. The van der Waals surface area contributed by atoms with Gasteiger partial charge in [0.1, 0.15) is 18.6 Å². The van der Waals surface area contributed by atoms with Gasteiger partial charge in [-0.1, -0.05) is 18.0 Å². The van der Waals surface area contributed by atoms with Gasteiger partial charge >= 0.3 is 11.9 Å². The Labute approximate surface area is 230 Å². The van der Waals surface area contributed by atoms with Gasteiger partial charge in [-0.05, 0) is 55.2 Å². The number of alkyl halides is 3. The van der Waals surface area contributed by atoms with E-state index in [9.17, 15) is 27.9 Å². The van der Waals surface area contributed by atoms with Crippen molar-refractivity contribution in [1.29, 1.82) is 0 Å². The van der Waals surface area contributed by atoms with E-state index in [2.05, 4.69) is 25.5 Å². The molecule has 1 fully saturated rings. The molecule has 210 valence electrons. The summed E-state index contributed by atoms with van der Waals surface area (Å²) in [6, 6.07) is 9.36. The molecule has 11 nitrogen and oxygen atoms in total. The van der Waals surface area contributed by atoms with Crippen LogP contribution < -0.4 is 11.0 Å². The second kappa shape index (κ2) is 11.2. The molecule has 1 amide bonds. The first kappa shape index (κ1) is 27.5. The highest BCUT2D eigenvalue weighted by atomic mass is 35.5. The molecule has 1 atom stereocenters. The van der Waals surface area contributed by atoms with Crippen LogP contribution in [0.4, 0.5) is 19.0 Å². The van der Waals surface area contributed by atoms with Gasteiger partial charge in [-0.2, -0.15) is 13.2 Å². The van der Waals surface area contributed by atoms with Gasteiger partial charge < -0.3 is 10.4 Å². The Morgan fingerprint density at radius 3 is 2.58 bits per heavy atom. The number of hydrogen-bond acceptors (Lipinski definition) is 7. The van der Waals surface area contributed by atoms with Crippen LogP contribution in [0.1, 0.15) is 31.5 Å². The van der Waals surface area contributed by atoms with Crippen LogP contribution >= 0.6 is 11.6 Å². The van der Waals surface area contributed by atoms with Gasteiger partial charge in [-0.15, -0.1) is 10.2 Å². The standard InChI is InChI=1S/C25H24ClF3N8O3/c26-17-8-6-16(7-9-17)23-34-36(24(40)35(23)12-19(38)25(27,28)29)13-20-31-14-37(33-20)18-5-2-10-30-22(18)32-21(39)11-15-3-1-4-15/h2,5-10,14-15,19,38H,1,3-4,11-13H2,(H,30,32,39)/t19-/m0/s1. The Kier molecular flexibility index (Phi) is 7.72. The molecule has 1 saturated carbocycles. The minimum Gasteiger partial charge on any atom is -0.382 e. The number of aliphatic hydroxyl groups is 1. The highest BCUT2D eigenvalue weighted by Crippen LogP contribution is 2.30. The van der Waals surface area contributed by atoms with Gasteiger partial charge in [0.2, 0.25) is 5.91 Å². The highest BCUT2D eigenvalue weighted by molar-refractivity contribution is 6.30. The van der Waals surface area contributed by atoms with Crippen molar-refractivity contribution in [3.8, 4) is 17.1 Å². The van der Waals surface area contributed by atoms with Crippen LogP contribution in [-0.2, 0) is 17.9 Å². The van der Waals surface area contributed by atoms with Crippen molar-refractivity contribution in [2.45, 2.75) is 51.1 Å². The third kappa shape index (κ3) is 6.07. The minimum atomic E-state index is -4.94. The molecule has 1 aromatic carbocycles. The van der Waals surface area contributed by atoms with Crippen molar-refractivity contribution in [3.05, 3.63) is 70.3 Å². The number of halogens is 4. The number of rotatable bonds is 9. The van der Waals surface area contributed by atoms with E-state index in [4.69, 9.17) is 11.6 Å². The molecule has 1 aliphatic carbocycles. The van der Waals surface area contributed by atoms with Gasteiger partial charge in [-0.25, -0.2) is 24.1 Å². The van der Waals surface area contributed by atoms with E-state index >= 15 is 0 Å². The Bertz CT molecular complexity index is 1560. The molecule has 0 bridgehead atoms. The van der Waals surface area contributed by atoms with Gasteiger partial charge in [0.15, 0.2) is 23.6 Å². The fourth-order valence-corrected chi connectivity index (χ4v) is 4.36. The molecular formula is C25H24ClF3N8O3. The summed E-state index contributed by atoms with van der Waals surface area (Å²) >= 11 is 5.92. The summed E-state index contributed by atoms with van der Waals surface area (Å²) in [7, 11) is 0. The van der Waals surface area contributed by atoms with Crippen LogP contribution in [0.3, 0.4) is 0 Å². The number of pyridine rings is 1. The molecule has 4 aromatic rings. The minimum absolute atomic E-state index is 0.0897. The van der Waals surface area contributed by atoms with Gasteiger partial charge in [0.25, 0.3) is 0 Å². The lowest BCUT2D eigenvalue weighted by Crippen LogP contribution is -2.37. The summed E-state index contributed by atoms with van der Waals surface area (Å²) in [6.07, 6.45) is -1.24. The summed E-state index contributed by atoms with van der Waals surface area (Å²) in [5.41, 5.74) is -0.128. The predicted molar refractivity (Wildman–Crippen MR) is 138 cm³/mol. The number of carbonyl (C=O) groups excluding carboxylic acids is 1. The van der Waals surface area contributed by atoms with Crippen LogP contribution in [0, 0.1) is 5.92 Å². The zero-order chi connectivity index (χ0) is 28.4. The van der Waals surface area contributed by atoms with E-state index in [-0.39, 0.29) is 29.9 Å². The molecule has 0 unspecified atom stereocenters. The van der Waals surface area contributed by atoms with E-state index < -0.39 is 24.5 Å². The average molecular weight is 577 g/mol. The molecule has 40 heavy (non-hydrogen) atoms.